The molecule has 1 aromatic rings. The van der Waals surface area contributed by atoms with Crippen molar-refractivity contribution in [3.8, 4) is 0 Å². The molecule has 1 aromatic carbocycles. The SMILES string of the molecule is CC1CC(CN)CN1C(=O)C1(c2ccc(Cl)cc2)CCOCC1.Cl. The number of rotatable bonds is 3. The standard InChI is InChI=1S/C18H25ClN2O2.ClH/c1-13-10-14(11-20)12-21(13)17(22)18(6-8-23-9-7-18)15-2-4-16(19)5-3-15;/h2-5,13-14H,6-12,20H2,1H3;1H. The summed E-state index contributed by atoms with van der Waals surface area (Å²) in [5.74, 6) is 0.641. The second-order valence-corrected chi connectivity index (χ2v) is 7.28. The molecule has 2 N–H and O–H groups in total. The van der Waals surface area contributed by atoms with Gasteiger partial charge in [0.1, 0.15) is 0 Å². The average Bonchev–Trinajstić information content (AvgIpc) is 2.96. The zero-order valence-electron chi connectivity index (χ0n) is 14.0. The highest BCUT2D eigenvalue weighted by Gasteiger charge is 2.46. The highest BCUT2D eigenvalue weighted by Crippen LogP contribution is 2.39. The number of halogens is 2. The fraction of sp³-hybridized carbons (Fsp3) is 0.611. The molecule has 3 rings (SSSR count). The number of ether oxygens (including phenoxy) is 1. The molecular formula is C18H26Cl2N2O2. The summed E-state index contributed by atoms with van der Waals surface area (Å²) < 4.78 is 5.54. The third kappa shape index (κ3) is 3.57. The van der Waals surface area contributed by atoms with Crippen LogP contribution in [-0.4, -0.2) is 43.2 Å². The van der Waals surface area contributed by atoms with E-state index in [0.29, 0.717) is 30.7 Å². The van der Waals surface area contributed by atoms with Crippen LogP contribution >= 0.6 is 24.0 Å². The molecular weight excluding hydrogens is 347 g/mol. The van der Waals surface area contributed by atoms with Gasteiger partial charge < -0.3 is 15.4 Å². The van der Waals surface area contributed by atoms with Gasteiger partial charge in [0.2, 0.25) is 5.91 Å². The van der Waals surface area contributed by atoms with Crippen LogP contribution in [0.25, 0.3) is 0 Å². The first-order chi connectivity index (χ1) is 11.1. The molecule has 0 aliphatic carbocycles. The van der Waals surface area contributed by atoms with Crippen molar-refractivity contribution in [2.24, 2.45) is 11.7 Å². The van der Waals surface area contributed by atoms with Gasteiger partial charge in [0.05, 0.1) is 5.41 Å². The van der Waals surface area contributed by atoms with Crippen molar-refractivity contribution >= 4 is 29.9 Å². The molecule has 2 saturated heterocycles. The number of amides is 1. The van der Waals surface area contributed by atoms with E-state index >= 15 is 0 Å². The van der Waals surface area contributed by atoms with Crippen molar-refractivity contribution < 1.29 is 9.53 Å². The summed E-state index contributed by atoms with van der Waals surface area (Å²) in [6.07, 6.45) is 2.45. The van der Waals surface area contributed by atoms with Crippen molar-refractivity contribution in [3.63, 3.8) is 0 Å². The molecule has 24 heavy (non-hydrogen) atoms. The molecule has 0 radical (unpaired) electrons. The monoisotopic (exact) mass is 372 g/mol. The lowest BCUT2D eigenvalue weighted by molar-refractivity contribution is -0.142. The first kappa shape index (κ1) is 19.5. The zero-order valence-corrected chi connectivity index (χ0v) is 15.6. The van der Waals surface area contributed by atoms with E-state index in [2.05, 4.69) is 6.92 Å². The van der Waals surface area contributed by atoms with Gasteiger partial charge in [-0.15, -0.1) is 12.4 Å². The fourth-order valence-electron chi connectivity index (χ4n) is 3.99. The smallest absolute Gasteiger partial charge is 0.233 e. The van der Waals surface area contributed by atoms with Gasteiger partial charge in [-0.1, -0.05) is 23.7 Å². The summed E-state index contributed by atoms with van der Waals surface area (Å²) in [5.41, 5.74) is 6.39. The quantitative estimate of drug-likeness (QED) is 0.886. The minimum Gasteiger partial charge on any atom is -0.381 e. The van der Waals surface area contributed by atoms with E-state index in [1.807, 2.05) is 29.2 Å². The Hall–Kier alpha value is -0.810. The van der Waals surface area contributed by atoms with Gasteiger partial charge in [-0.25, -0.2) is 0 Å². The van der Waals surface area contributed by atoms with Crippen molar-refractivity contribution in [2.45, 2.75) is 37.6 Å². The molecule has 2 unspecified atom stereocenters. The summed E-state index contributed by atoms with van der Waals surface area (Å²) >= 11 is 6.03. The lowest BCUT2D eigenvalue weighted by Crippen LogP contribution is -2.51. The Bertz CT molecular complexity index is 559. The lowest BCUT2D eigenvalue weighted by atomic mass is 9.73. The zero-order chi connectivity index (χ0) is 16.4. The van der Waals surface area contributed by atoms with Gasteiger partial charge in [-0.05, 0) is 56.3 Å². The number of nitrogens with two attached hydrogens (primary N) is 1. The summed E-state index contributed by atoms with van der Waals surface area (Å²) in [6.45, 7) is 4.79. The van der Waals surface area contributed by atoms with E-state index < -0.39 is 5.41 Å². The predicted molar refractivity (Wildman–Crippen MR) is 98.8 cm³/mol. The molecule has 2 heterocycles. The van der Waals surface area contributed by atoms with Gasteiger partial charge >= 0.3 is 0 Å². The van der Waals surface area contributed by atoms with Crippen LogP contribution in [0.3, 0.4) is 0 Å². The molecule has 6 heteroatoms. The van der Waals surface area contributed by atoms with E-state index in [4.69, 9.17) is 22.1 Å². The Balaban J connectivity index is 0.00000208. The van der Waals surface area contributed by atoms with Crippen LogP contribution in [0.2, 0.25) is 5.02 Å². The summed E-state index contributed by atoms with van der Waals surface area (Å²) in [7, 11) is 0. The third-order valence-electron chi connectivity index (χ3n) is 5.41. The number of nitrogens with zero attached hydrogens (tertiary/aromatic N) is 1. The molecule has 2 atom stereocenters. The van der Waals surface area contributed by atoms with Gasteiger partial charge in [-0.2, -0.15) is 0 Å². The molecule has 0 saturated carbocycles. The Labute approximate surface area is 155 Å². The van der Waals surface area contributed by atoms with Crippen LogP contribution in [0.1, 0.15) is 31.7 Å². The molecule has 0 bridgehead atoms. The number of likely N-dealkylation sites (tertiary alicyclic amines) is 1. The maximum absolute atomic E-state index is 13.5. The number of hydrogen-bond donors (Lipinski definition) is 1. The average molecular weight is 373 g/mol. The Morgan fingerprint density at radius 3 is 2.50 bits per heavy atom. The van der Waals surface area contributed by atoms with Crippen LogP contribution in [0.15, 0.2) is 24.3 Å². The van der Waals surface area contributed by atoms with Gasteiger partial charge in [-0.3, -0.25) is 4.79 Å². The molecule has 2 fully saturated rings. The first-order valence-corrected chi connectivity index (χ1v) is 8.79. The Kier molecular flexibility index (Phi) is 6.54. The van der Waals surface area contributed by atoms with Gasteiger partial charge in [0, 0.05) is 30.8 Å². The highest BCUT2D eigenvalue weighted by molar-refractivity contribution is 6.30. The van der Waals surface area contributed by atoms with E-state index in [1.165, 1.54) is 0 Å². The maximum atomic E-state index is 13.5. The topological polar surface area (TPSA) is 55.6 Å². The Morgan fingerprint density at radius 1 is 1.33 bits per heavy atom. The van der Waals surface area contributed by atoms with Crippen molar-refractivity contribution in [3.05, 3.63) is 34.9 Å². The van der Waals surface area contributed by atoms with E-state index in [0.717, 1.165) is 31.4 Å². The minimum absolute atomic E-state index is 0. The summed E-state index contributed by atoms with van der Waals surface area (Å²) in [4.78, 5) is 15.5. The number of benzene rings is 1. The normalized spacial score (nSPS) is 26.0. The summed E-state index contributed by atoms with van der Waals surface area (Å²) in [5, 5.41) is 0.696. The van der Waals surface area contributed by atoms with Gasteiger partial charge in [0.25, 0.3) is 0 Å². The van der Waals surface area contributed by atoms with Gasteiger partial charge in [0.15, 0.2) is 0 Å². The van der Waals surface area contributed by atoms with E-state index in [1.54, 1.807) is 0 Å². The third-order valence-corrected chi connectivity index (χ3v) is 5.66. The van der Waals surface area contributed by atoms with Crippen LogP contribution in [0.4, 0.5) is 0 Å². The second kappa shape index (κ2) is 8.05. The van der Waals surface area contributed by atoms with Crippen molar-refractivity contribution in [1.29, 1.82) is 0 Å². The molecule has 2 aliphatic rings. The first-order valence-electron chi connectivity index (χ1n) is 8.42. The highest BCUT2D eigenvalue weighted by atomic mass is 35.5. The van der Waals surface area contributed by atoms with Crippen LogP contribution < -0.4 is 5.73 Å². The molecule has 0 spiro atoms. The fourth-order valence-corrected chi connectivity index (χ4v) is 4.11. The van der Waals surface area contributed by atoms with Crippen LogP contribution in [0.5, 0.6) is 0 Å². The molecule has 134 valence electrons. The summed E-state index contributed by atoms with van der Waals surface area (Å²) in [6, 6.07) is 7.98. The van der Waals surface area contributed by atoms with E-state index in [-0.39, 0.29) is 24.4 Å². The van der Waals surface area contributed by atoms with Crippen LogP contribution in [-0.2, 0) is 14.9 Å². The molecule has 2 aliphatic heterocycles. The number of hydrogen-bond acceptors (Lipinski definition) is 3. The minimum atomic E-state index is -0.486. The molecule has 4 nitrogen and oxygen atoms in total. The maximum Gasteiger partial charge on any atom is 0.233 e. The van der Waals surface area contributed by atoms with E-state index in [9.17, 15) is 4.79 Å². The number of carbonyl (C=O) groups is 1. The van der Waals surface area contributed by atoms with Crippen molar-refractivity contribution in [2.75, 3.05) is 26.3 Å². The molecule has 1 amide bonds. The predicted octanol–water partition coefficient (Wildman–Crippen LogP) is 3.01. The number of carbonyl (C=O) groups excluding carboxylic acids is 1. The Morgan fingerprint density at radius 2 is 1.96 bits per heavy atom. The largest absolute Gasteiger partial charge is 0.381 e. The van der Waals surface area contributed by atoms with Crippen LogP contribution in [0, 0.1) is 5.92 Å². The second-order valence-electron chi connectivity index (χ2n) is 6.85. The lowest BCUT2D eigenvalue weighted by Gasteiger charge is -2.40. The van der Waals surface area contributed by atoms with Crippen molar-refractivity contribution in [1.82, 2.24) is 4.90 Å². The molecule has 0 aromatic heterocycles.